The van der Waals surface area contributed by atoms with Gasteiger partial charge in [0.2, 0.25) is 12.2 Å². The second-order valence-electron chi connectivity index (χ2n) is 6.67. The maximum absolute atomic E-state index is 13.9. The summed E-state index contributed by atoms with van der Waals surface area (Å²) < 4.78 is 69.5. The average Bonchev–Trinajstić information content (AvgIpc) is 3.11. The Kier molecular flexibility index (Phi) is 9.31. The summed E-state index contributed by atoms with van der Waals surface area (Å²) in [4.78, 5) is 0. The van der Waals surface area contributed by atoms with Gasteiger partial charge < -0.3 is 29.5 Å². The summed E-state index contributed by atoms with van der Waals surface area (Å²) in [6, 6.07) is 6.25. The Morgan fingerprint density at radius 3 is 2.35 bits per heavy atom. The van der Waals surface area contributed by atoms with Crippen LogP contribution < -0.4 is 60.9 Å². The fourth-order valence-electron chi connectivity index (χ4n) is 3.04. The van der Waals surface area contributed by atoms with Crippen molar-refractivity contribution in [3.63, 3.8) is 0 Å². The summed E-state index contributed by atoms with van der Waals surface area (Å²) >= 11 is 0. The van der Waals surface area contributed by atoms with E-state index in [2.05, 4.69) is 5.10 Å². The van der Waals surface area contributed by atoms with Gasteiger partial charge in [0.25, 0.3) is 0 Å². The summed E-state index contributed by atoms with van der Waals surface area (Å²) in [7, 11) is 1.45. The summed E-state index contributed by atoms with van der Waals surface area (Å²) in [5.74, 6) is -0.0228. The maximum atomic E-state index is 13.9. The molecule has 0 bridgehead atoms. The van der Waals surface area contributed by atoms with E-state index in [4.69, 9.17) is 19.3 Å². The van der Waals surface area contributed by atoms with Crippen molar-refractivity contribution < 1.29 is 98.5 Å². The van der Waals surface area contributed by atoms with Crippen LogP contribution in [0.1, 0.15) is 16.8 Å². The first-order chi connectivity index (χ1) is 14.2. The van der Waals surface area contributed by atoms with E-state index in [-0.39, 0.29) is 63.4 Å². The number of alkyl halides is 4. The van der Waals surface area contributed by atoms with Crippen LogP contribution in [0.5, 0.6) is 11.6 Å². The van der Waals surface area contributed by atoms with E-state index in [1.807, 2.05) is 5.10 Å². The molecular weight excluding hydrogens is 455 g/mol. The third-order valence-electron chi connectivity index (χ3n) is 4.68. The van der Waals surface area contributed by atoms with Gasteiger partial charge in [0.15, 0.2) is 6.17 Å². The molecule has 3 rings (SSSR count). The zero-order valence-corrected chi connectivity index (χ0v) is 19.8. The molecule has 8 nitrogen and oxygen atoms in total. The number of methoxy groups -OCH3 is 1. The molecule has 166 valence electrons. The number of H-pyrrole nitrogens is 1. The number of nitrogens with zero attached hydrogens (tertiary/aromatic N) is 1. The van der Waals surface area contributed by atoms with Crippen LogP contribution in [0.3, 0.4) is 0 Å². The van der Waals surface area contributed by atoms with E-state index in [0.717, 1.165) is 0 Å². The van der Waals surface area contributed by atoms with Crippen LogP contribution >= 0.6 is 0 Å². The van der Waals surface area contributed by atoms with E-state index in [0.29, 0.717) is 11.3 Å². The Morgan fingerprint density at radius 1 is 1.16 bits per heavy atom. The van der Waals surface area contributed by atoms with Crippen molar-refractivity contribution in [1.29, 1.82) is 0 Å². The van der Waals surface area contributed by atoms with Crippen LogP contribution in [0.25, 0.3) is 0 Å². The summed E-state index contributed by atoms with van der Waals surface area (Å²) in [6.07, 6.45) is -14.3. The first kappa shape index (κ1) is 26.5. The number of ether oxygens (including phenoxy) is 3. The van der Waals surface area contributed by atoms with Gasteiger partial charge in [0.05, 0.1) is 19.3 Å². The number of aliphatic hydroxyl groups is 3. The molecule has 0 saturated carbocycles. The average molecular weight is 475 g/mol. The number of aromatic amines is 1. The normalized spacial score (nSPS) is 26.3. The Morgan fingerprint density at radius 2 is 1.81 bits per heavy atom. The predicted octanol–water partition coefficient (Wildman–Crippen LogP) is -1.81. The minimum Gasteiger partial charge on any atom is -0.497 e. The van der Waals surface area contributed by atoms with Gasteiger partial charge in [-0.2, -0.15) is 13.2 Å². The smallest absolute Gasteiger partial charge is 0.497 e. The van der Waals surface area contributed by atoms with Gasteiger partial charge in [-0.05, 0) is 17.7 Å². The van der Waals surface area contributed by atoms with E-state index in [9.17, 15) is 27.8 Å². The van der Waals surface area contributed by atoms with Gasteiger partial charge in [-0.3, -0.25) is 5.10 Å². The Balaban J connectivity index is 0.00000341. The van der Waals surface area contributed by atoms with Crippen molar-refractivity contribution in [3.8, 4) is 11.6 Å². The third-order valence-corrected chi connectivity index (χ3v) is 4.68. The van der Waals surface area contributed by atoms with E-state index in [1.54, 1.807) is 24.3 Å². The summed E-state index contributed by atoms with van der Waals surface area (Å²) in [5, 5.41) is 34.3. The zero-order chi connectivity index (χ0) is 22.1. The molecule has 1 fully saturated rings. The molecule has 0 unspecified atom stereocenters. The minimum absolute atomic E-state index is 0. The van der Waals surface area contributed by atoms with Gasteiger partial charge in [0.1, 0.15) is 29.8 Å². The van der Waals surface area contributed by atoms with Gasteiger partial charge in [-0.15, -0.1) is 5.10 Å². The van der Waals surface area contributed by atoms with Gasteiger partial charge in [0, 0.05) is 6.42 Å². The van der Waals surface area contributed by atoms with Crippen LogP contribution in [0.4, 0.5) is 17.6 Å². The van der Waals surface area contributed by atoms with Crippen molar-refractivity contribution in [2.45, 2.75) is 43.4 Å². The Bertz CT molecular complexity index is 849. The molecule has 13 heteroatoms. The molecule has 0 amide bonds. The number of aliphatic hydroxyl groups excluding tert-OH is 3. The molecule has 0 aliphatic carbocycles. The predicted molar refractivity (Wildman–Crippen MR) is 92.7 cm³/mol. The number of hydrogen-bond donors (Lipinski definition) is 4. The molecule has 1 saturated heterocycles. The molecule has 1 aliphatic rings. The number of halogens is 4. The maximum Gasteiger partial charge on any atom is 1.00 e. The van der Waals surface area contributed by atoms with Crippen LogP contribution in [-0.2, 0) is 17.3 Å². The largest absolute Gasteiger partial charge is 1.00 e. The molecule has 0 spiro atoms. The number of nitrogens with one attached hydrogen (secondary N) is 1. The van der Waals surface area contributed by atoms with Crippen molar-refractivity contribution >= 4 is 0 Å². The van der Waals surface area contributed by atoms with Crippen molar-refractivity contribution in [1.82, 2.24) is 10.2 Å². The summed E-state index contributed by atoms with van der Waals surface area (Å²) in [5.41, 5.74) is -1.06. The van der Waals surface area contributed by atoms with E-state index < -0.39 is 55.1 Å². The van der Waals surface area contributed by atoms with Crippen molar-refractivity contribution in [3.05, 3.63) is 41.1 Å². The number of rotatable bonds is 6. The molecular formula is C18H20F4KN2O6+. The van der Waals surface area contributed by atoms with Crippen molar-refractivity contribution in [2.75, 3.05) is 13.7 Å². The minimum atomic E-state index is -4.78. The fraction of sp³-hybridized carbons (Fsp3) is 0.500. The monoisotopic (exact) mass is 475 g/mol. The first-order valence-electron chi connectivity index (χ1n) is 8.86. The van der Waals surface area contributed by atoms with E-state index >= 15 is 0 Å². The van der Waals surface area contributed by atoms with Crippen LogP contribution in [0.2, 0.25) is 0 Å². The topological polar surface area (TPSA) is 117 Å². The Labute approximate surface area is 216 Å². The summed E-state index contributed by atoms with van der Waals surface area (Å²) in [6.45, 7) is -0.835. The number of benzene rings is 1. The van der Waals surface area contributed by atoms with Gasteiger partial charge in [-0.1, -0.05) is 12.1 Å². The fourth-order valence-corrected chi connectivity index (χ4v) is 3.04. The SMILES string of the molecule is COc1ccc(Cc2c(O[C@@H]3O[C@H](CO)[C@@H](F)[C@H](O)[C@H]3O)n[nH]c2C(F)(F)F)cc1.[K+]. The standard InChI is InChI=1S/C18H20F4N2O6.K/c1-28-9-4-2-8(3-5-9)6-10-15(18(20,21)22)23-24-16(10)30-17-14(27)13(26)12(19)11(7-25)29-17;/h2-5,11-14,17,25-27H,6-7H2,1H3,(H,23,24);/q;+1/t11-,12-,13+,14-,17+;/m1./s1. The van der Waals surface area contributed by atoms with E-state index in [1.165, 1.54) is 7.11 Å². The number of aromatic nitrogens is 2. The van der Waals surface area contributed by atoms with Gasteiger partial charge in [-0.25, -0.2) is 4.39 Å². The number of hydrogen-bond acceptors (Lipinski definition) is 7. The van der Waals surface area contributed by atoms with Crippen LogP contribution in [0, 0.1) is 0 Å². The molecule has 5 atom stereocenters. The molecule has 1 aromatic carbocycles. The second kappa shape index (κ2) is 10.9. The molecule has 2 aromatic rings. The van der Waals surface area contributed by atoms with Crippen LogP contribution in [-0.4, -0.2) is 70.0 Å². The molecule has 1 aliphatic heterocycles. The third kappa shape index (κ3) is 5.97. The molecule has 1 aromatic heterocycles. The molecule has 2 heterocycles. The van der Waals surface area contributed by atoms with Gasteiger partial charge >= 0.3 is 57.6 Å². The quantitative estimate of drug-likeness (QED) is 0.287. The van der Waals surface area contributed by atoms with Crippen molar-refractivity contribution in [2.24, 2.45) is 0 Å². The molecule has 31 heavy (non-hydrogen) atoms. The zero-order valence-electron chi connectivity index (χ0n) is 16.6. The van der Waals surface area contributed by atoms with Crippen LogP contribution in [0.15, 0.2) is 24.3 Å². The second-order valence-corrected chi connectivity index (χ2v) is 6.67. The molecule has 4 N–H and O–H groups in total. The molecule has 0 radical (unpaired) electrons. The first-order valence-corrected chi connectivity index (χ1v) is 8.86. The Hall–Kier alpha value is -0.774.